The Kier molecular flexibility index (Phi) is 5.94. The van der Waals surface area contributed by atoms with Crippen molar-refractivity contribution in [2.24, 2.45) is 0 Å². The minimum Gasteiger partial charge on any atom is -0.467 e. The molecule has 23 heavy (non-hydrogen) atoms. The second-order valence-electron chi connectivity index (χ2n) is 4.58. The van der Waals surface area contributed by atoms with Crippen LogP contribution in [0.25, 0.3) is 6.08 Å². The minimum atomic E-state index is -0.526. The van der Waals surface area contributed by atoms with Gasteiger partial charge in [-0.3, -0.25) is 9.59 Å². The molecule has 1 aromatic heterocycles. The number of halogens is 2. The van der Waals surface area contributed by atoms with Gasteiger partial charge in [-0.05, 0) is 35.9 Å². The van der Waals surface area contributed by atoms with Gasteiger partial charge < -0.3 is 15.1 Å². The van der Waals surface area contributed by atoms with E-state index in [9.17, 15) is 14.0 Å². The van der Waals surface area contributed by atoms with Crippen molar-refractivity contribution in [2.45, 2.75) is 6.54 Å². The van der Waals surface area contributed by atoms with Gasteiger partial charge in [0.05, 0.1) is 24.4 Å². The van der Waals surface area contributed by atoms with Gasteiger partial charge >= 0.3 is 0 Å². The van der Waals surface area contributed by atoms with Crippen LogP contribution in [0.1, 0.15) is 11.3 Å². The third kappa shape index (κ3) is 5.60. The van der Waals surface area contributed by atoms with Gasteiger partial charge in [-0.2, -0.15) is 0 Å². The molecule has 2 amide bonds. The second-order valence-corrected chi connectivity index (χ2v) is 4.99. The van der Waals surface area contributed by atoms with Gasteiger partial charge in [0.1, 0.15) is 11.6 Å². The lowest BCUT2D eigenvalue weighted by molar-refractivity contribution is -0.124. The number of carbonyl (C=O) groups is 2. The van der Waals surface area contributed by atoms with Crippen molar-refractivity contribution in [3.05, 3.63) is 64.8 Å². The number of carbonyl (C=O) groups excluding carboxylic acids is 2. The third-order valence-corrected chi connectivity index (χ3v) is 3.12. The summed E-state index contributed by atoms with van der Waals surface area (Å²) in [4.78, 5) is 23.2. The Bertz CT molecular complexity index is 714. The zero-order chi connectivity index (χ0) is 16.7. The number of nitrogens with one attached hydrogen (secondary N) is 2. The lowest BCUT2D eigenvalue weighted by Crippen LogP contribution is -2.35. The van der Waals surface area contributed by atoms with Crippen molar-refractivity contribution < 1.29 is 18.4 Å². The number of rotatable bonds is 6. The molecular weight excluding hydrogens is 323 g/mol. The van der Waals surface area contributed by atoms with Gasteiger partial charge in [0, 0.05) is 6.08 Å². The van der Waals surface area contributed by atoms with Crippen LogP contribution in [0.5, 0.6) is 0 Å². The zero-order valence-electron chi connectivity index (χ0n) is 12.0. The summed E-state index contributed by atoms with van der Waals surface area (Å²) in [6.07, 6.45) is 4.22. The molecule has 2 N–H and O–H groups in total. The maximum absolute atomic E-state index is 13.0. The molecule has 2 aromatic rings. The molecule has 0 aliphatic rings. The lowest BCUT2D eigenvalue weighted by Gasteiger charge is -2.04. The standard InChI is InChI=1S/C16H14ClFN2O3/c17-13-8-11(3-5-14(13)18)4-6-15(21)20-10-16(22)19-9-12-2-1-7-23-12/h1-8H,9-10H2,(H,19,22)(H,20,21)/b6-4+. The van der Waals surface area contributed by atoms with Crippen molar-refractivity contribution >= 4 is 29.5 Å². The van der Waals surface area contributed by atoms with E-state index in [0.29, 0.717) is 11.3 Å². The summed E-state index contributed by atoms with van der Waals surface area (Å²) in [7, 11) is 0. The molecule has 1 heterocycles. The van der Waals surface area contributed by atoms with Gasteiger partial charge in [-0.25, -0.2) is 4.39 Å². The van der Waals surface area contributed by atoms with E-state index in [1.807, 2.05) is 0 Å². The maximum atomic E-state index is 13.0. The van der Waals surface area contributed by atoms with Crippen LogP contribution in [0.4, 0.5) is 4.39 Å². The van der Waals surface area contributed by atoms with E-state index < -0.39 is 11.7 Å². The van der Waals surface area contributed by atoms with Crippen LogP contribution < -0.4 is 10.6 Å². The van der Waals surface area contributed by atoms with Gasteiger partial charge in [0.15, 0.2) is 0 Å². The summed E-state index contributed by atoms with van der Waals surface area (Å²) < 4.78 is 18.1. The molecule has 0 aliphatic heterocycles. The van der Waals surface area contributed by atoms with E-state index in [1.54, 1.807) is 12.1 Å². The van der Waals surface area contributed by atoms with Gasteiger partial charge in [0.2, 0.25) is 11.8 Å². The molecule has 0 unspecified atom stereocenters. The zero-order valence-corrected chi connectivity index (χ0v) is 12.8. The molecule has 0 saturated heterocycles. The molecule has 0 radical (unpaired) electrons. The number of hydrogen-bond donors (Lipinski definition) is 2. The topological polar surface area (TPSA) is 71.3 Å². The predicted octanol–water partition coefficient (Wildman–Crippen LogP) is 2.52. The molecule has 0 aliphatic carbocycles. The normalized spacial score (nSPS) is 10.7. The number of benzene rings is 1. The molecule has 120 valence electrons. The Labute approximate surface area is 137 Å². The van der Waals surface area contributed by atoms with Crippen molar-refractivity contribution in [1.29, 1.82) is 0 Å². The highest BCUT2D eigenvalue weighted by molar-refractivity contribution is 6.30. The summed E-state index contributed by atoms with van der Waals surface area (Å²) in [6.45, 7) is 0.0969. The minimum absolute atomic E-state index is 0.0233. The fraction of sp³-hybridized carbons (Fsp3) is 0.125. The first-order valence-corrected chi connectivity index (χ1v) is 7.12. The molecule has 2 rings (SSSR count). The summed E-state index contributed by atoms with van der Waals surface area (Å²) in [5.74, 6) is -0.689. The van der Waals surface area contributed by atoms with Crippen LogP contribution in [0.3, 0.4) is 0 Å². The first-order valence-electron chi connectivity index (χ1n) is 6.74. The molecule has 0 fully saturated rings. The summed E-state index contributed by atoms with van der Waals surface area (Å²) in [6, 6.07) is 7.55. The highest BCUT2D eigenvalue weighted by atomic mass is 35.5. The van der Waals surface area contributed by atoms with E-state index in [1.165, 1.54) is 36.6 Å². The number of furan rings is 1. The Morgan fingerprint density at radius 1 is 1.26 bits per heavy atom. The van der Waals surface area contributed by atoms with Crippen LogP contribution in [0, 0.1) is 5.82 Å². The molecule has 5 nitrogen and oxygen atoms in total. The third-order valence-electron chi connectivity index (χ3n) is 2.83. The first kappa shape index (κ1) is 16.8. The lowest BCUT2D eigenvalue weighted by atomic mass is 10.2. The van der Waals surface area contributed by atoms with Crippen LogP contribution >= 0.6 is 11.6 Å². The van der Waals surface area contributed by atoms with Gasteiger partial charge in [-0.15, -0.1) is 0 Å². The Hall–Kier alpha value is -2.60. The van der Waals surface area contributed by atoms with Gasteiger partial charge in [-0.1, -0.05) is 17.7 Å². The molecule has 7 heteroatoms. The van der Waals surface area contributed by atoms with Gasteiger partial charge in [0.25, 0.3) is 0 Å². The fourth-order valence-electron chi connectivity index (χ4n) is 1.68. The quantitative estimate of drug-likeness (QED) is 0.796. The first-order chi connectivity index (χ1) is 11.0. The largest absolute Gasteiger partial charge is 0.467 e. The average Bonchev–Trinajstić information content (AvgIpc) is 3.05. The number of hydrogen-bond acceptors (Lipinski definition) is 3. The van der Waals surface area contributed by atoms with Crippen molar-refractivity contribution in [1.82, 2.24) is 10.6 Å². The monoisotopic (exact) mass is 336 g/mol. The van der Waals surface area contributed by atoms with E-state index in [2.05, 4.69) is 10.6 Å². The van der Waals surface area contributed by atoms with Crippen molar-refractivity contribution in [3.63, 3.8) is 0 Å². The summed E-state index contributed by atoms with van der Waals surface area (Å²) in [5, 5.41) is 5.01. The highest BCUT2D eigenvalue weighted by Crippen LogP contribution is 2.16. The fourth-order valence-corrected chi connectivity index (χ4v) is 1.86. The smallest absolute Gasteiger partial charge is 0.244 e. The molecule has 0 atom stereocenters. The van der Waals surface area contributed by atoms with Crippen LogP contribution in [-0.4, -0.2) is 18.4 Å². The average molecular weight is 337 g/mol. The van der Waals surface area contributed by atoms with Crippen molar-refractivity contribution in [3.8, 4) is 0 Å². The van der Waals surface area contributed by atoms with Crippen LogP contribution in [0.2, 0.25) is 5.02 Å². The van der Waals surface area contributed by atoms with Crippen molar-refractivity contribution in [2.75, 3.05) is 6.54 Å². The molecular formula is C16H14ClFN2O3. The molecule has 1 aromatic carbocycles. The molecule has 0 bridgehead atoms. The Morgan fingerprint density at radius 3 is 2.78 bits per heavy atom. The Balaban J connectivity index is 1.74. The predicted molar refractivity (Wildman–Crippen MR) is 84.0 cm³/mol. The van der Waals surface area contributed by atoms with E-state index in [-0.39, 0.29) is 24.0 Å². The molecule has 0 saturated carbocycles. The Morgan fingerprint density at radius 2 is 2.09 bits per heavy atom. The van der Waals surface area contributed by atoms with E-state index >= 15 is 0 Å². The summed E-state index contributed by atoms with van der Waals surface area (Å²) in [5.41, 5.74) is 0.578. The SMILES string of the molecule is O=C(/C=C/c1ccc(F)c(Cl)c1)NCC(=O)NCc1ccco1. The van der Waals surface area contributed by atoms with E-state index in [0.717, 1.165) is 0 Å². The highest BCUT2D eigenvalue weighted by Gasteiger charge is 2.04. The summed E-state index contributed by atoms with van der Waals surface area (Å²) >= 11 is 5.64. The second kappa shape index (κ2) is 8.14. The van der Waals surface area contributed by atoms with Crippen LogP contribution in [-0.2, 0) is 16.1 Å². The number of amides is 2. The molecule has 0 spiro atoms. The maximum Gasteiger partial charge on any atom is 0.244 e. The van der Waals surface area contributed by atoms with Crippen LogP contribution in [0.15, 0.2) is 47.1 Å². The van der Waals surface area contributed by atoms with E-state index in [4.69, 9.17) is 16.0 Å².